The molecule has 2 rings (SSSR count). The van der Waals surface area contributed by atoms with Crippen LogP contribution in [0.5, 0.6) is 0 Å². The Morgan fingerprint density at radius 1 is 1.39 bits per heavy atom. The van der Waals surface area contributed by atoms with Gasteiger partial charge in [0.25, 0.3) is 0 Å². The van der Waals surface area contributed by atoms with Crippen LogP contribution in [0.15, 0.2) is 24.3 Å². The average molecular weight is 247 g/mol. The number of carbonyl (C=O) groups is 1. The van der Waals surface area contributed by atoms with E-state index >= 15 is 0 Å². The number of para-hydroxylation sites is 1. The number of hydrogen-bond acceptors (Lipinski definition) is 3. The van der Waals surface area contributed by atoms with Gasteiger partial charge in [0.15, 0.2) is 0 Å². The fourth-order valence-electron chi connectivity index (χ4n) is 2.22. The molecule has 4 nitrogen and oxygen atoms in total. The number of benzene rings is 1. The number of nitrogens with one attached hydrogen (secondary N) is 1. The number of carbonyl (C=O) groups excluding carboxylic acids is 1. The van der Waals surface area contributed by atoms with E-state index in [2.05, 4.69) is 10.2 Å². The Hall–Kier alpha value is -1.39. The van der Waals surface area contributed by atoms with E-state index in [1.165, 1.54) is 0 Å². The Bertz CT molecular complexity index is 411. The topological polar surface area (TPSA) is 58.4 Å². The van der Waals surface area contributed by atoms with Gasteiger partial charge in [-0.2, -0.15) is 0 Å². The summed E-state index contributed by atoms with van der Waals surface area (Å²) in [4.78, 5) is 14.1. The molecule has 1 aliphatic heterocycles. The summed E-state index contributed by atoms with van der Waals surface area (Å²) >= 11 is 0. The highest BCUT2D eigenvalue weighted by Gasteiger charge is 2.18. The third-order valence-corrected chi connectivity index (χ3v) is 3.42. The van der Waals surface area contributed by atoms with Crippen molar-refractivity contribution in [2.45, 2.75) is 25.8 Å². The number of anilines is 1. The molecule has 0 unspecified atom stereocenters. The lowest BCUT2D eigenvalue weighted by atomic mass is 10.1. The van der Waals surface area contributed by atoms with Crippen molar-refractivity contribution < 1.29 is 4.79 Å². The van der Waals surface area contributed by atoms with Crippen molar-refractivity contribution in [1.82, 2.24) is 4.90 Å². The molecule has 1 aromatic rings. The third kappa shape index (κ3) is 3.55. The first kappa shape index (κ1) is 13.1. The number of rotatable bonds is 3. The first-order chi connectivity index (χ1) is 8.65. The second-order valence-electron chi connectivity index (χ2n) is 4.98. The lowest BCUT2D eigenvalue weighted by Gasteiger charge is -2.29. The number of piperidine rings is 1. The molecular formula is C14H21N3O. The second-order valence-corrected chi connectivity index (χ2v) is 4.98. The van der Waals surface area contributed by atoms with Crippen LogP contribution in [0, 0.1) is 6.92 Å². The first-order valence-corrected chi connectivity index (χ1v) is 6.48. The molecule has 0 saturated carbocycles. The average Bonchev–Trinajstić information content (AvgIpc) is 2.35. The van der Waals surface area contributed by atoms with Gasteiger partial charge in [0.05, 0.1) is 6.54 Å². The molecule has 1 saturated heterocycles. The predicted octanol–water partition coefficient (Wildman–Crippen LogP) is 1.36. The Morgan fingerprint density at radius 3 is 2.72 bits per heavy atom. The van der Waals surface area contributed by atoms with Gasteiger partial charge in [-0.05, 0) is 31.4 Å². The minimum atomic E-state index is 0.0553. The van der Waals surface area contributed by atoms with Crippen molar-refractivity contribution in [3.8, 4) is 0 Å². The maximum atomic E-state index is 11.9. The molecule has 1 heterocycles. The van der Waals surface area contributed by atoms with Gasteiger partial charge in [-0.15, -0.1) is 0 Å². The van der Waals surface area contributed by atoms with E-state index in [1.54, 1.807) is 0 Å². The summed E-state index contributed by atoms with van der Waals surface area (Å²) in [6.45, 7) is 4.29. The first-order valence-electron chi connectivity index (χ1n) is 6.48. The number of aryl methyl sites for hydroxylation is 1. The van der Waals surface area contributed by atoms with E-state index in [-0.39, 0.29) is 5.91 Å². The number of hydrogen-bond donors (Lipinski definition) is 2. The van der Waals surface area contributed by atoms with Gasteiger partial charge in [-0.1, -0.05) is 18.2 Å². The summed E-state index contributed by atoms with van der Waals surface area (Å²) in [5.41, 5.74) is 7.83. The van der Waals surface area contributed by atoms with E-state index in [9.17, 15) is 4.79 Å². The van der Waals surface area contributed by atoms with Crippen LogP contribution in [-0.2, 0) is 4.79 Å². The molecule has 0 radical (unpaired) electrons. The number of nitrogens with zero attached hydrogens (tertiary/aromatic N) is 1. The lowest BCUT2D eigenvalue weighted by molar-refractivity contribution is -0.117. The summed E-state index contributed by atoms with van der Waals surface area (Å²) in [7, 11) is 0. The highest BCUT2D eigenvalue weighted by molar-refractivity contribution is 5.92. The van der Waals surface area contributed by atoms with Crippen molar-refractivity contribution in [1.29, 1.82) is 0 Å². The number of nitrogens with two attached hydrogens (primary N) is 1. The summed E-state index contributed by atoms with van der Waals surface area (Å²) in [5, 5.41) is 2.96. The zero-order valence-electron chi connectivity index (χ0n) is 10.9. The molecule has 1 aromatic carbocycles. The van der Waals surface area contributed by atoms with Crippen LogP contribution in [0.4, 0.5) is 5.69 Å². The Kier molecular flexibility index (Phi) is 4.33. The SMILES string of the molecule is Cc1ccccc1NC(=O)CN1CCC(N)CC1. The zero-order valence-corrected chi connectivity index (χ0v) is 10.9. The number of likely N-dealkylation sites (tertiary alicyclic amines) is 1. The van der Waals surface area contributed by atoms with Crippen molar-refractivity contribution >= 4 is 11.6 Å². The van der Waals surface area contributed by atoms with Crippen molar-refractivity contribution in [2.75, 3.05) is 25.0 Å². The van der Waals surface area contributed by atoms with E-state index in [1.807, 2.05) is 31.2 Å². The van der Waals surface area contributed by atoms with E-state index in [0.29, 0.717) is 12.6 Å². The highest BCUT2D eigenvalue weighted by atomic mass is 16.2. The van der Waals surface area contributed by atoms with Crippen LogP contribution in [0.1, 0.15) is 18.4 Å². The molecule has 0 aromatic heterocycles. The summed E-state index contributed by atoms with van der Waals surface area (Å²) in [5.74, 6) is 0.0553. The zero-order chi connectivity index (χ0) is 13.0. The standard InChI is InChI=1S/C14H21N3O/c1-11-4-2-3-5-13(11)16-14(18)10-17-8-6-12(15)7-9-17/h2-5,12H,6-10,15H2,1H3,(H,16,18). The molecule has 1 fully saturated rings. The Labute approximate surface area is 108 Å². The molecule has 0 aliphatic carbocycles. The van der Waals surface area contributed by atoms with Crippen LogP contribution in [0.25, 0.3) is 0 Å². The smallest absolute Gasteiger partial charge is 0.238 e. The van der Waals surface area contributed by atoms with Gasteiger partial charge in [-0.3, -0.25) is 9.69 Å². The summed E-state index contributed by atoms with van der Waals surface area (Å²) in [6.07, 6.45) is 1.97. The van der Waals surface area contributed by atoms with Gasteiger partial charge in [0.2, 0.25) is 5.91 Å². The molecule has 3 N–H and O–H groups in total. The normalized spacial score (nSPS) is 17.7. The molecule has 4 heteroatoms. The van der Waals surface area contributed by atoms with Crippen LogP contribution in [-0.4, -0.2) is 36.5 Å². The molecule has 1 aliphatic rings. The highest BCUT2D eigenvalue weighted by Crippen LogP contribution is 2.13. The van der Waals surface area contributed by atoms with Crippen LogP contribution in [0.3, 0.4) is 0 Å². The molecular weight excluding hydrogens is 226 g/mol. The van der Waals surface area contributed by atoms with Gasteiger partial charge in [0.1, 0.15) is 0 Å². The molecule has 98 valence electrons. The van der Waals surface area contributed by atoms with Crippen LogP contribution in [0.2, 0.25) is 0 Å². The quantitative estimate of drug-likeness (QED) is 0.848. The minimum absolute atomic E-state index is 0.0553. The molecule has 0 spiro atoms. The molecule has 0 atom stereocenters. The Balaban J connectivity index is 1.84. The van der Waals surface area contributed by atoms with Crippen molar-refractivity contribution in [2.24, 2.45) is 5.73 Å². The predicted molar refractivity (Wildman–Crippen MR) is 73.5 cm³/mol. The second kappa shape index (κ2) is 5.98. The maximum Gasteiger partial charge on any atom is 0.238 e. The largest absolute Gasteiger partial charge is 0.328 e. The van der Waals surface area contributed by atoms with Crippen molar-refractivity contribution in [3.05, 3.63) is 29.8 Å². The monoisotopic (exact) mass is 247 g/mol. The van der Waals surface area contributed by atoms with E-state index in [4.69, 9.17) is 5.73 Å². The number of amides is 1. The molecule has 1 amide bonds. The maximum absolute atomic E-state index is 11.9. The van der Waals surface area contributed by atoms with Gasteiger partial charge < -0.3 is 11.1 Å². The van der Waals surface area contributed by atoms with Gasteiger partial charge >= 0.3 is 0 Å². The van der Waals surface area contributed by atoms with Crippen molar-refractivity contribution in [3.63, 3.8) is 0 Å². The van der Waals surface area contributed by atoms with Crippen LogP contribution < -0.4 is 11.1 Å². The lowest BCUT2D eigenvalue weighted by Crippen LogP contribution is -2.43. The minimum Gasteiger partial charge on any atom is -0.328 e. The summed E-state index contributed by atoms with van der Waals surface area (Å²) in [6, 6.07) is 8.13. The third-order valence-electron chi connectivity index (χ3n) is 3.42. The summed E-state index contributed by atoms with van der Waals surface area (Å²) < 4.78 is 0. The molecule has 18 heavy (non-hydrogen) atoms. The molecule has 0 bridgehead atoms. The van der Waals surface area contributed by atoms with E-state index in [0.717, 1.165) is 37.2 Å². The Morgan fingerprint density at radius 2 is 2.06 bits per heavy atom. The van der Waals surface area contributed by atoms with Crippen LogP contribution >= 0.6 is 0 Å². The van der Waals surface area contributed by atoms with E-state index < -0.39 is 0 Å². The fraction of sp³-hybridized carbons (Fsp3) is 0.500. The fourth-order valence-corrected chi connectivity index (χ4v) is 2.22. The van der Waals surface area contributed by atoms with Gasteiger partial charge in [0, 0.05) is 24.8 Å². The van der Waals surface area contributed by atoms with Gasteiger partial charge in [-0.25, -0.2) is 0 Å².